The number of amides is 1. The van der Waals surface area contributed by atoms with Gasteiger partial charge in [0.1, 0.15) is 11.8 Å². The molecule has 0 spiro atoms. The second-order valence-corrected chi connectivity index (χ2v) is 7.55. The number of fused-ring (bicyclic) bond motifs is 1. The first-order valence-corrected chi connectivity index (χ1v) is 9.77. The SMILES string of the molecule is CCC(c1ccc(C(F)(F)F)cc1)N(Cc1ccc2occ(Br)c2c1)C(=O)C(=O)O. The van der Waals surface area contributed by atoms with E-state index in [1.807, 2.05) is 0 Å². The molecule has 30 heavy (non-hydrogen) atoms. The van der Waals surface area contributed by atoms with E-state index in [4.69, 9.17) is 4.42 Å². The number of carboxylic acids is 1. The van der Waals surface area contributed by atoms with Crippen LogP contribution in [0.2, 0.25) is 0 Å². The second-order valence-electron chi connectivity index (χ2n) is 6.70. The monoisotopic (exact) mass is 483 g/mol. The van der Waals surface area contributed by atoms with Crippen molar-refractivity contribution in [1.29, 1.82) is 0 Å². The second kappa shape index (κ2) is 8.51. The first-order valence-electron chi connectivity index (χ1n) is 8.98. The first-order chi connectivity index (χ1) is 14.1. The molecule has 0 radical (unpaired) electrons. The summed E-state index contributed by atoms with van der Waals surface area (Å²) in [5, 5.41) is 10.1. The maximum absolute atomic E-state index is 12.9. The van der Waals surface area contributed by atoms with E-state index in [1.165, 1.54) is 18.4 Å². The topological polar surface area (TPSA) is 70.8 Å². The lowest BCUT2D eigenvalue weighted by Gasteiger charge is -2.30. The smallest absolute Gasteiger partial charge is 0.416 e. The molecule has 1 N–H and O–H groups in total. The summed E-state index contributed by atoms with van der Waals surface area (Å²) >= 11 is 3.36. The molecule has 1 heterocycles. The Labute approximate surface area is 178 Å². The molecule has 3 aromatic rings. The van der Waals surface area contributed by atoms with Gasteiger partial charge in [-0.15, -0.1) is 0 Å². The average Bonchev–Trinajstić information content (AvgIpc) is 3.07. The number of rotatable bonds is 5. The Morgan fingerprint density at radius 2 is 1.83 bits per heavy atom. The minimum Gasteiger partial charge on any atom is -0.474 e. The number of benzene rings is 2. The van der Waals surface area contributed by atoms with Gasteiger partial charge < -0.3 is 14.4 Å². The van der Waals surface area contributed by atoms with Crippen molar-refractivity contribution in [2.75, 3.05) is 0 Å². The molecule has 0 bridgehead atoms. The van der Waals surface area contributed by atoms with Gasteiger partial charge in [-0.3, -0.25) is 4.79 Å². The fourth-order valence-corrected chi connectivity index (χ4v) is 3.72. The number of aliphatic carboxylic acids is 1. The Morgan fingerprint density at radius 3 is 2.40 bits per heavy atom. The van der Waals surface area contributed by atoms with Crippen LogP contribution in [0.1, 0.15) is 36.1 Å². The van der Waals surface area contributed by atoms with E-state index in [2.05, 4.69) is 15.9 Å². The first kappa shape index (κ1) is 21.9. The number of carbonyl (C=O) groups excluding carboxylic acids is 1. The van der Waals surface area contributed by atoms with E-state index in [0.29, 0.717) is 27.6 Å². The van der Waals surface area contributed by atoms with Crippen molar-refractivity contribution in [3.05, 3.63) is 69.9 Å². The summed E-state index contributed by atoms with van der Waals surface area (Å²) in [4.78, 5) is 25.0. The molecule has 9 heteroatoms. The third-order valence-electron chi connectivity index (χ3n) is 4.77. The third-order valence-corrected chi connectivity index (χ3v) is 5.39. The van der Waals surface area contributed by atoms with Crippen molar-refractivity contribution in [2.45, 2.75) is 32.1 Å². The fourth-order valence-electron chi connectivity index (χ4n) is 3.32. The average molecular weight is 484 g/mol. The fraction of sp³-hybridized carbons (Fsp3) is 0.238. The molecule has 2 aromatic carbocycles. The number of halogens is 4. The Kier molecular flexibility index (Phi) is 6.21. The van der Waals surface area contributed by atoms with Crippen LogP contribution in [0.15, 0.2) is 57.6 Å². The lowest BCUT2D eigenvalue weighted by Crippen LogP contribution is -2.38. The van der Waals surface area contributed by atoms with Gasteiger partial charge >= 0.3 is 18.1 Å². The van der Waals surface area contributed by atoms with E-state index >= 15 is 0 Å². The van der Waals surface area contributed by atoms with Crippen molar-refractivity contribution in [3.63, 3.8) is 0 Å². The molecule has 1 unspecified atom stereocenters. The number of nitrogens with zero attached hydrogens (tertiary/aromatic N) is 1. The van der Waals surface area contributed by atoms with Crippen LogP contribution in [0.5, 0.6) is 0 Å². The van der Waals surface area contributed by atoms with Crippen LogP contribution in [0.25, 0.3) is 11.0 Å². The van der Waals surface area contributed by atoms with Gasteiger partial charge in [0.05, 0.1) is 16.1 Å². The highest BCUT2D eigenvalue weighted by Gasteiger charge is 2.32. The minimum atomic E-state index is -4.48. The zero-order chi connectivity index (χ0) is 22.1. The van der Waals surface area contributed by atoms with Crippen molar-refractivity contribution in [1.82, 2.24) is 4.90 Å². The molecule has 0 saturated carbocycles. The van der Waals surface area contributed by atoms with Gasteiger partial charge in [-0.2, -0.15) is 13.2 Å². The van der Waals surface area contributed by atoms with Gasteiger partial charge in [0.2, 0.25) is 0 Å². The molecule has 0 fully saturated rings. The van der Waals surface area contributed by atoms with E-state index in [9.17, 15) is 27.9 Å². The molecule has 0 aliphatic rings. The van der Waals surface area contributed by atoms with E-state index in [0.717, 1.165) is 22.4 Å². The highest BCUT2D eigenvalue weighted by atomic mass is 79.9. The largest absolute Gasteiger partial charge is 0.474 e. The van der Waals surface area contributed by atoms with Gasteiger partial charge in [-0.1, -0.05) is 25.1 Å². The summed E-state index contributed by atoms with van der Waals surface area (Å²) in [7, 11) is 0. The summed E-state index contributed by atoms with van der Waals surface area (Å²) in [6, 6.07) is 8.87. The molecule has 0 aliphatic carbocycles. The molecular weight excluding hydrogens is 467 g/mol. The van der Waals surface area contributed by atoms with E-state index < -0.39 is 29.7 Å². The molecule has 5 nitrogen and oxygen atoms in total. The van der Waals surface area contributed by atoms with Crippen molar-refractivity contribution < 1.29 is 32.3 Å². The number of alkyl halides is 3. The van der Waals surface area contributed by atoms with Crippen LogP contribution < -0.4 is 0 Å². The zero-order valence-electron chi connectivity index (χ0n) is 15.7. The van der Waals surface area contributed by atoms with Gasteiger partial charge in [0.25, 0.3) is 0 Å². The highest BCUT2D eigenvalue weighted by Crippen LogP contribution is 2.33. The van der Waals surface area contributed by atoms with Crippen molar-refractivity contribution >= 4 is 38.8 Å². The maximum atomic E-state index is 12.9. The molecule has 1 amide bonds. The quantitative estimate of drug-likeness (QED) is 0.467. The minimum absolute atomic E-state index is 0.0295. The van der Waals surface area contributed by atoms with Gasteiger partial charge in [-0.05, 0) is 57.7 Å². The number of carboxylic acid groups (broad SMARTS) is 1. The maximum Gasteiger partial charge on any atom is 0.416 e. The highest BCUT2D eigenvalue weighted by molar-refractivity contribution is 9.10. The standard InChI is InChI=1S/C21H17BrF3NO4/c1-2-17(13-4-6-14(7-5-13)21(23,24)25)26(19(27)20(28)29)10-12-3-8-18-15(9-12)16(22)11-30-18/h3-9,11,17H,2,10H2,1H3,(H,28,29). The summed E-state index contributed by atoms with van der Waals surface area (Å²) in [6.07, 6.45) is -2.64. The van der Waals surface area contributed by atoms with Gasteiger partial charge in [-0.25, -0.2) is 4.79 Å². The Bertz CT molecular complexity index is 1080. The Morgan fingerprint density at radius 1 is 1.17 bits per heavy atom. The number of hydrogen-bond acceptors (Lipinski definition) is 3. The predicted molar refractivity (Wildman–Crippen MR) is 107 cm³/mol. The molecular formula is C21H17BrF3NO4. The summed E-state index contributed by atoms with van der Waals surface area (Å²) in [5.74, 6) is -2.76. The zero-order valence-corrected chi connectivity index (χ0v) is 17.3. The molecule has 3 rings (SSSR count). The van der Waals surface area contributed by atoms with Crippen LogP contribution in [0, 0.1) is 0 Å². The number of furan rings is 1. The normalized spacial score (nSPS) is 12.7. The third kappa shape index (κ3) is 4.51. The van der Waals surface area contributed by atoms with Crippen molar-refractivity contribution in [3.8, 4) is 0 Å². The molecule has 0 saturated heterocycles. The van der Waals surface area contributed by atoms with Crippen molar-refractivity contribution in [2.24, 2.45) is 0 Å². The Balaban J connectivity index is 1.97. The van der Waals surface area contributed by atoms with Gasteiger partial charge in [0, 0.05) is 11.9 Å². The molecule has 158 valence electrons. The summed E-state index contributed by atoms with van der Waals surface area (Å²) in [6.45, 7) is 1.71. The van der Waals surface area contributed by atoms with Crippen LogP contribution in [0.3, 0.4) is 0 Å². The van der Waals surface area contributed by atoms with E-state index in [1.54, 1.807) is 25.1 Å². The van der Waals surface area contributed by atoms with Crippen LogP contribution in [0.4, 0.5) is 13.2 Å². The summed E-state index contributed by atoms with van der Waals surface area (Å²) in [5.41, 5.74) is 0.888. The predicted octanol–water partition coefficient (Wildman–Crippen LogP) is 5.78. The van der Waals surface area contributed by atoms with Crippen LogP contribution in [-0.2, 0) is 22.3 Å². The lowest BCUT2D eigenvalue weighted by molar-refractivity contribution is -0.157. The molecule has 1 aromatic heterocycles. The molecule has 0 aliphatic heterocycles. The number of carbonyl (C=O) groups is 2. The molecule has 1 atom stereocenters. The number of hydrogen-bond donors (Lipinski definition) is 1. The van der Waals surface area contributed by atoms with Crippen LogP contribution in [-0.4, -0.2) is 21.9 Å². The summed E-state index contributed by atoms with van der Waals surface area (Å²) < 4.78 is 44.7. The van der Waals surface area contributed by atoms with E-state index in [-0.39, 0.29) is 6.54 Å². The Hall–Kier alpha value is -2.81. The van der Waals surface area contributed by atoms with Crippen LogP contribution >= 0.6 is 15.9 Å². The van der Waals surface area contributed by atoms with Gasteiger partial charge in [0.15, 0.2) is 0 Å². The lowest BCUT2D eigenvalue weighted by atomic mass is 9.99.